The molecule has 8 nitrogen and oxygen atoms in total. The van der Waals surface area contributed by atoms with Gasteiger partial charge in [0.2, 0.25) is 5.91 Å². The SMILES string of the molecule is Cc1occc1-c1nnc(SC(C)C(=O)NC(=O)NC2CCCCC2)n1Cc1ccccc1. The van der Waals surface area contributed by atoms with Crippen molar-refractivity contribution in [2.75, 3.05) is 0 Å². The van der Waals surface area contributed by atoms with Gasteiger partial charge >= 0.3 is 6.03 Å². The Balaban J connectivity index is 1.47. The molecule has 2 aromatic heterocycles. The Bertz CT molecular complexity index is 1090. The first-order valence-corrected chi connectivity index (χ1v) is 12.2. The number of benzene rings is 1. The quantitative estimate of drug-likeness (QED) is 0.495. The minimum Gasteiger partial charge on any atom is -0.469 e. The third kappa shape index (κ3) is 5.84. The van der Waals surface area contributed by atoms with E-state index in [1.165, 1.54) is 18.2 Å². The zero-order chi connectivity index (χ0) is 23.2. The van der Waals surface area contributed by atoms with Crippen LogP contribution in [0.1, 0.15) is 50.4 Å². The molecule has 1 atom stereocenters. The van der Waals surface area contributed by atoms with Crippen LogP contribution in [0.2, 0.25) is 0 Å². The predicted octanol–water partition coefficient (Wildman–Crippen LogP) is 4.53. The summed E-state index contributed by atoms with van der Waals surface area (Å²) in [4.78, 5) is 25.0. The average molecular weight is 468 g/mol. The van der Waals surface area contributed by atoms with Crippen LogP contribution >= 0.6 is 11.8 Å². The fourth-order valence-electron chi connectivity index (χ4n) is 3.99. The van der Waals surface area contributed by atoms with Crippen molar-refractivity contribution in [3.05, 3.63) is 54.0 Å². The molecule has 3 aromatic rings. The molecule has 33 heavy (non-hydrogen) atoms. The van der Waals surface area contributed by atoms with Gasteiger partial charge in [-0.25, -0.2) is 4.79 Å². The number of aryl methyl sites for hydroxylation is 1. The van der Waals surface area contributed by atoms with Crippen LogP contribution < -0.4 is 10.6 Å². The largest absolute Gasteiger partial charge is 0.469 e. The number of imide groups is 1. The number of aromatic nitrogens is 3. The fourth-order valence-corrected chi connectivity index (χ4v) is 4.84. The van der Waals surface area contributed by atoms with E-state index in [1.807, 2.05) is 47.9 Å². The van der Waals surface area contributed by atoms with Crippen LogP contribution in [0.3, 0.4) is 0 Å². The van der Waals surface area contributed by atoms with Gasteiger partial charge in [-0.3, -0.25) is 14.7 Å². The van der Waals surface area contributed by atoms with Crippen molar-refractivity contribution in [2.45, 2.75) is 68.9 Å². The van der Waals surface area contributed by atoms with E-state index in [0.29, 0.717) is 17.5 Å². The topological polar surface area (TPSA) is 102 Å². The van der Waals surface area contributed by atoms with Gasteiger partial charge in [0.15, 0.2) is 11.0 Å². The predicted molar refractivity (Wildman–Crippen MR) is 127 cm³/mol. The van der Waals surface area contributed by atoms with Gasteiger partial charge in [-0.15, -0.1) is 10.2 Å². The van der Waals surface area contributed by atoms with E-state index in [-0.39, 0.29) is 11.9 Å². The van der Waals surface area contributed by atoms with Gasteiger partial charge in [0, 0.05) is 6.04 Å². The molecule has 1 aliphatic rings. The lowest BCUT2D eigenvalue weighted by Gasteiger charge is -2.23. The summed E-state index contributed by atoms with van der Waals surface area (Å²) in [5.74, 6) is 1.07. The van der Waals surface area contributed by atoms with Gasteiger partial charge in [0.25, 0.3) is 0 Å². The van der Waals surface area contributed by atoms with E-state index < -0.39 is 11.3 Å². The van der Waals surface area contributed by atoms with Crippen molar-refractivity contribution in [3.8, 4) is 11.4 Å². The molecule has 1 saturated carbocycles. The minimum absolute atomic E-state index is 0.143. The number of carbonyl (C=O) groups is 2. The van der Waals surface area contributed by atoms with E-state index in [2.05, 4.69) is 20.8 Å². The summed E-state index contributed by atoms with van der Waals surface area (Å²) in [5, 5.41) is 14.2. The lowest BCUT2D eigenvalue weighted by molar-refractivity contribution is -0.119. The van der Waals surface area contributed by atoms with E-state index in [9.17, 15) is 9.59 Å². The number of hydrogen-bond acceptors (Lipinski definition) is 6. The van der Waals surface area contributed by atoms with Crippen molar-refractivity contribution in [2.24, 2.45) is 0 Å². The maximum absolute atomic E-state index is 12.7. The normalized spacial score (nSPS) is 15.2. The maximum Gasteiger partial charge on any atom is 0.321 e. The highest BCUT2D eigenvalue weighted by molar-refractivity contribution is 8.00. The Morgan fingerprint density at radius 1 is 1.15 bits per heavy atom. The molecule has 4 rings (SSSR count). The molecule has 0 radical (unpaired) electrons. The molecule has 174 valence electrons. The Hall–Kier alpha value is -3.07. The first-order valence-electron chi connectivity index (χ1n) is 11.3. The molecule has 3 amide bonds. The van der Waals surface area contributed by atoms with Crippen molar-refractivity contribution in [1.82, 2.24) is 25.4 Å². The number of nitrogens with zero attached hydrogens (tertiary/aromatic N) is 3. The molecule has 2 heterocycles. The number of urea groups is 1. The Morgan fingerprint density at radius 2 is 1.91 bits per heavy atom. The zero-order valence-corrected chi connectivity index (χ0v) is 19.7. The molecule has 0 aliphatic heterocycles. The van der Waals surface area contributed by atoms with Crippen molar-refractivity contribution < 1.29 is 14.0 Å². The van der Waals surface area contributed by atoms with Gasteiger partial charge in [0.1, 0.15) is 5.76 Å². The Labute approximate surface area is 197 Å². The first-order chi connectivity index (χ1) is 16.0. The van der Waals surface area contributed by atoms with Crippen molar-refractivity contribution in [1.29, 1.82) is 0 Å². The van der Waals surface area contributed by atoms with E-state index in [1.54, 1.807) is 13.2 Å². The summed E-state index contributed by atoms with van der Waals surface area (Å²) in [6.07, 6.45) is 6.98. The second-order valence-corrected chi connectivity index (χ2v) is 9.63. The van der Waals surface area contributed by atoms with Crippen LogP contribution in [0, 0.1) is 6.92 Å². The van der Waals surface area contributed by atoms with Gasteiger partial charge in [-0.1, -0.05) is 61.4 Å². The highest BCUT2D eigenvalue weighted by Gasteiger charge is 2.24. The van der Waals surface area contributed by atoms with Crippen LogP contribution in [0.5, 0.6) is 0 Å². The number of amides is 3. The molecule has 1 unspecified atom stereocenters. The summed E-state index contributed by atoms with van der Waals surface area (Å²) in [6.45, 7) is 4.19. The third-order valence-electron chi connectivity index (χ3n) is 5.83. The van der Waals surface area contributed by atoms with Gasteiger partial charge in [-0.2, -0.15) is 0 Å². The number of thioether (sulfide) groups is 1. The van der Waals surface area contributed by atoms with Gasteiger partial charge in [0.05, 0.1) is 23.6 Å². The molecule has 0 saturated heterocycles. The van der Waals surface area contributed by atoms with E-state index in [0.717, 1.165) is 42.6 Å². The summed E-state index contributed by atoms with van der Waals surface area (Å²) >= 11 is 1.28. The Kier molecular flexibility index (Phi) is 7.49. The molecule has 2 N–H and O–H groups in total. The van der Waals surface area contributed by atoms with Gasteiger partial charge < -0.3 is 9.73 Å². The monoisotopic (exact) mass is 467 g/mol. The molecule has 1 aliphatic carbocycles. The molecule has 9 heteroatoms. The van der Waals surface area contributed by atoms with Crippen molar-refractivity contribution >= 4 is 23.7 Å². The minimum atomic E-state index is -0.529. The zero-order valence-electron chi connectivity index (χ0n) is 18.9. The molecule has 1 aromatic carbocycles. The third-order valence-corrected chi connectivity index (χ3v) is 6.91. The summed E-state index contributed by atoms with van der Waals surface area (Å²) in [7, 11) is 0. The molecule has 1 fully saturated rings. The smallest absolute Gasteiger partial charge is 0.321 e. The Morgan fingerprint density at radius 3 is 2.61 bits per heavy atom. The van der Waals surface area contributed by atoms with Crippen LogP contribution in [-0.4, -0.2) is 38.0 Å². The van der Waals surface area contributed by atoms with Crippen LogP contribution in [0.15, 0.2) is 52.2 Å². The lowest BCUT2D eigenvalue weighted by Crippen LogP contribution is -2.47. The van der Waals surface area contributed by atoms with Crippen molar-refractivity contribution in [3.63, 3.8) is 0 Å². The molecule has 0 bridgehead atoms. The first kappa shape index (κ1) is 23.1. The lowest BCUT2D eigenvalue weighted by atomic mass is 9.96. The maximum atomic E-state index is 12.7. The summed E-state index contributed by atoms with van der Waals surface area (Å²) in [5.41, 5.74) is 1.94. The van der Waals surface area contributed by atoms with Crippen LogP contribution in [0.4, 0.5) is 4.79 Å². The second-order valence-electron chi connectivity index (χ2n) is 8.33. The number of rotatable bonds is 7. The number of hydrogen-bond donors (Lipinski definition) is 2. The van der Waals surface area contributed by atoms with Crippen LogP contribution in [-0.2, 0) is 11.3 Å². The highest BCUT2D eigenvalue weighted by atomic mass is 32.2. The van der Waals surface area contributed by atoms with E-state index >= 15 is 0 Å². The number of furan rings is 1. The number of carbonyl (C=O) groups excluding carboxylic acids is 2. The number of nitrogens with one attached hydrogen (secondary N) is 2. The molecular weight excluding hydrogens is 438 g/mol. The van der Waals surface area contributed by atoms with Gasteiger partial charge in [-0.05, 0) is 38.3 Å². The standard InChI is InChI=1S/C24H29N5O3S/c1-16-20(13-14-32-16)21-27-28-24(29(21)15-18-9-5-3-6-10-18)33-17(2)22(30)26-23(31)25-19-11-7-4-8-12-19/h3,5-6,9-10,13-14,17,19H,4,7-8,11-12,15H2,1-2H3,(H2,25,26,30,31). The summed E-state index contributed by atoms with van der Waals surface area (Å²) in [6, 6.07) is 11.6. The van der Waals surface area contributed by atoms with E-state index in [4.69, 9.17) is 4.42 Å². The molecular formula is C24H29N5O3S. The van der Waals surface area contributed by atoms with Crippen LogP contribution in [0.25, 0.3) is 11.4 Å². The average Bonchev–Trinajstić information content (AvgIpc) is 3.40. The second kappa shape index (κ2) is 10.7. The fraction of sp³-hybridized carbons (Fsp3) is 0.417. The molecule has 0 spiro atoms. The summed E-state index contributed by atoms with van der Waals surface area (Å²) < 4.78 is 7.44. The highest BCUT2D eigenvalue weighted by Crippen LogP contribution is 2.30.